The summed E-state index contributed by atoms with van der Waals surface area (Å²) in [6, 6.07) is 7.06. The Bertz CT molecular complexity index is 392. The van der Waals surface area contributed by atoms with Crippen molar-refractivity contribution in [2.24, 2.45) is 0 Å². The second kappa shape index (κ2) is 6.40. The Balaban J connectivity index is 2.94. The SMILES string of the molecule is CCC(CC)(CO)NC(=O)c1ccccc1OC. The summed E-state index contributed by atoms with van der Waals surface area (Å²) in [5, 5.41) is 12.4. The number of aliphatic hydroxyl groups excluding tert-OH is 1. The minimum atomic E-state index is -0.558. The minimum absolute atomic E-state index is 0.0686. The lowest BCUT2D eigenvalue weighted by Gasteiger charge is -2.30. The maximum atomic E-state index is 12.2. The number of rotatable bonds is 6. The molecule has 0 aromatic heterocycles. The van der Waals surface area contributed by atoms with Crippen molar-refractivity contribution in [3.8, 4) is 5.75 Å². The lowest BCUT2D eigenvalue weighted by atomic mass is 9.93. The molecule has 0 saturated carbocycles. The smallest absolute Gasteiger partial charge is 0.255 e. The number of hydrogen-bond donors (Lipinski definition) is 2. The standard InChI is InChI=1S/C14H21NO3/c1-4-14(5-2,10-16)15-13(17)11-8-6-7-9-12(11)18-3/h6-9,16H,4-5,10H2,1-3H3,(H,15,17). The predicted octanol–water partition coefficient (Wildman–Crippen LogP) is 1.98. The summed E-state index contributed by atoms with van der Waals surface area (Å²) in [7, 11) is 1.53. The summed E-state index contributed by atoms with van der Waals surface area (Å²) in [6.45, 7) is 3.82. The fourth-order valence-electron chi connectivity index (χ4n) is 1.83. The highest BCUT2D eigenvalue weighted by molar-refractivity contribution is 5.97. The first-order valence-electron chi connectivity index (χ1n) is 6.18. The molecule has 0 fully saturated rings. The zero-order valence-corrected chi connectivity index (χ0v) is 11.2. The molecule has 4 heteroatoms. The normalized spacial score (nSPS) is 11.1. The summed E-state index contributed by atoms with van der Waals surface area (Å²) < 4.78 is 5.16. The Hall–Kier alpha value is -1.55. The van der Waals surface area contributed by atoms with E-state index in [4.69, 9.17) is 4.74 Å². The van der Waals surface area contributed by atoms with Crippen molar-refractivity contribution < 1.29 is 14.6 Å². The molecule has 0 aliphatic rings. The first-order valence-corrected chi connectivity index (χ1v) is 6.18. The van der Waals surface area contributed by atoms with Crippen molar-refractivity contribution in [1.29, 1.82) is 0 Å². The first kappa shape index (κ1) is 14.5. The van der Waals surface area contributed by atoms with Crippen LogP contribution in [0.5, 0.6) is 5.75 Å². The van der Waals surface area contributed by atoms with Crippen molar-refractivity contribution >= 4 is 5.91 Å². The molecule has 18 heavy (non-hydrogen) atoms. The van der Waals surface area contributed by atoms with Gasteiger partial charge in [0, 0.05) is 0 Å². The lowest BCUT2D eigenvalue weighted by Crippen LogP contribution is -2.50. The summed E-state index contributed by atoms with van der Waals surface area (Å²) in [5.74, 6) is 0.319. The van der Waals surface area contributed by atoms with Crippen LogP contribution in [-0.2, 0) is 0 Å². The van der Waals surface area contributed by atoms with Crippen LogP contribution >= 0.6 is 0 Å². The maximum absolute atomic E-state index is 12.2. The van der Waals surface area contributed by atoms with Crippen LogP contribution in [0.1, 0.15) is 37.0 Å². The van der Waals surface area contributed by atoms with Gasteiger partial charge in [0.2, 0.25) is 0 Å². The van der Waals surface area contributed by atoms with Crippen LogP contribution in [0, 0.1) is 0 Å². The fourth-order valence-corrected chi connectivity index (χ4v) is 1.83. The van der Waals surface area contributed by atoms with Gasteiger partial charge in [-0.25, -0.2) is 0 Å². The summed E-state index contributed by atoms with van der Waals surface area (Å²) in [4.78, 5) is 12.2. The van der Waals surface area contributed by atoms with Crippen molar-refractivity contribution in [2.45, 2.75) is 32.2 Å². The fraction of sp³-hybridized carbons (Fsp3) is 0.500. The van der Waals surface area contributed by atoms with Gasteiger partial charge in [-0.15, -0.1) is 0 Å². The van der Waals surface area contributed by atoms with E-state index in [0.29, 0.717) is 24.2 Å². The third-order valence-electron chi connectivity index (χ3n) is 3.39. The highest BCUT2D eigenvalue weighted by atomic mass is 16.5. The molecule has 2 N–H and O–H groups in total. The number of benzene rings is 1. The molecule has 0 heterocycles. The number of aliphatic hydroxyl groups is 1. The van der Waals surface area contributed by atoms with Crippen LogP contribution in [0.2, 0.25) is 0 Å². The minimum Gasteiger partial charge on any atom is -0.496 e. The Morgan fingerprint density at radius 3 is 2.44 bits per heavy atom. The van der Waals surface area contributed by atoms with Gasteiger partial charge < -0.3 is 15.2 Å². The van der Waals surface area contributed by atoms with Crippen LogP contribution in [0.4, 0.5) is 0 Å². The topological polar surface area (TPSA) is 58.6 Å². The molecule has 0 radical (unpaired) electrons. The van der Waals surface area contributed by atoms with E-state index in [1.807, 2.05) is 19.9 Å². The Kier molecular flexibility index (Phi) is 5.16. The number of nitrogens with one attached hydrogen (secondary N) is 1. The molecule has 0 aliphatic heterocycles. The molecular formula is C14H21NO3. The van der Waals surface area contributed by atoms with E-state index < -0.39 is 5.54 Å². The van der Waals surface area contributed by atoms with Crippen molar-refractivity contribution in [3.05, 3.63) is 29.8 Å². The van der Waals surface area contributed by atoms with E-state index in [1.54, 1.807) is 18.2 Å². The zero-order chi connectivity index (χ0) is 13.6. The van der Waals surface area contributed by atoms with Gasteiger partial charge in [-0.2, -0.15) is 0 Å². The Morgan fingerprint density at radius 2 is 1.94 bits per heavy atom. The third-order valence-corrected chi connectivity index (χ3v) is 3.39. The predicted molar refractivity (Wildman–Crippen MR) is 70.9 cm³/mol. The van der Waals surface area contributed by atoms with Gasteiger partial charge in [0.1, 0.15) is 5.75 Å². The number of para-hydroxylation sites is 1. The van der Waals surface area contributed by atoms with Gasteiger partial charge in [-0.1, -0.05) is 26.0 Å². The number of carbonyl (C=O) groups excluding carboxylic acids is 1. The molecule has 4 nitrogen and oxygen atoms in total. The maximum Gasteiger partial charge on any atom is 0.255 e. The molecule has 1 rings (SSSR count). The largest absolute Gasteiger partial charge is 0.496 e. The van der Waals surface area contributed by atoms with Gasteiger partial charge in [0.15, 0.2) is 0 Å². The number of amides is 1. The molecule has 0 aliphatic carbocycles. The molecule has 100 valence electrons. The Labute approximate surface area is 108 Å². The van der Waals surface area contributed by atoms with Crippen molar-refractivity contribution in [2.75, 3.05) is 13.7 Å². The van der Waals surface area contributed by atoms with E-state index in [2.05, 4.69) is 5.32 Å². The molecule has 1 aromatic carbocycles. The summed E-state index contributed by atoms with van der Waals surface area (Å²) >= 11 is 0. The molecule has 0 saturated heterocycles. The van der Waals surface area contributed by atoms with Gasteiger partial charge in [0.05, 0.1) is 24.8 Å². The molecule has 0 bridgehead atoms. The zero-order valence-electron chi connectivity index (χ0n) is 11.2. The Morgan fingerprint density at radius 1 is 1.33 bits per heavy atom. The van der Waals surface area contributed by atoms with E-state index in [0.717, 1.165) is 0 Å². The van der Waals surface area contributed by atoms with Crippen LogP contribution < -0.4 is 10.1 Å². The van der Waals surface area contributed by atoms with Gasteiger partial charge in [0.25, 0.3) is 5.91 Å². The molecule has 0 spiro atoms. The quantitative estimate of drug-likeness (QED) is 0.812. The van der Waals surface area contributed by atoms with Crippen LogP contribution in [-0.4, -0.2) is 30.3 Å². The summed E-state index contributed by atoms with van der Waals surface area (Å²) in [5.41, 5.74) is -0.0717. The molecule has 1 aromatic rings. The van der Waals surface area contributed by atoms with Crippen LogP contribution in [0.25, 0.3) is 0 Å². The monoisotopic (exact) mass is 251 g/mol. The average molecular weight is 251 g/mol. The number of carbonyl (C=O) groups is 1. The average Bonchev–Trinajstić information content (AvgIpc) is 2.44. The van der Waals surface area contributed by atoms with Crippen LogP contribution in [0.3, 0.4) is 0 Å². The lowest BCUT2D eigenvalue weighted by molar-refractivity contribution is 0.0815. The highest BCUT2D eigenvalue weighted by Gasteiger charge is 2.28. The van der Waals surface area contributed by atoms with Crippen LogP contribution in [0.15, 0.2) is 24.3 Å². The molecule has 0 atom stereocenters. The second-order valence-electron chi connectivity index (χ2n) is 4.30. The second-order valence-corrected chi connectivity index (χ2v) is 4.30. The first-order chi connectivity index (χ1) is 8.62. The van der Waals surface area contributed by atoms with E-state index in [-0.39, 0.29) is 12.5 Å². The van der Waals surface area contributed by atoms with Gasteiger partial charge in [-0.05, 0) is 25.0 Å². The number of hydrogen-bond acceptors (Lipinski definition) is 3. The number of methoxy groups -OCH3 is 1. The van der Waals surface area contributed by atoms with E-state index >= 15 is 0 Å². The van der Waals surface area contributed by atoms with Gasteiger partial charge >= 0.3 is 0 Å². The van der Waals surface area contributed by atoms with Crippen molar-refractivity contribution in [1.82, 2.24) is 5.32 Å². The summed E-state index contributed by atoms with van der Waals surface area (Å²) in [6.07, 6.45) is 1.36. The van der Waals surface area contributed by atoms with E-state index in [9.17, 15) is 9.90 Å². The molecular weight excluding hydrogens is 230 g/mol. The third kappa shape index (κ3) is 3.01. The van der Waals surface area contributed by atoms with Gasteiger partial charge in [-0.3, -0.25) is 4.79 Å². The van der Waals surface area contributed by atoms with E-state index in [1.165, 1.54) is 7.11 Å². The molecule has 1 amide bonds. The van der Waals surface area contributed by atoms with Crippen molar-refractivity contribution in [3.63, 3.8) is 0 Å². The molecule has 0 unspecified atom stereocenters. The number of ether oxygens (including phenoxy) is 1. The highest BCUT2D eigenvalue weighted by Crippen LogP contribution is 2.20.